The molecule has 0 aliphatic carbocycles. The van der Waals surface area contributed by atoms with Gasteiger partial charge in [0, 0.05) is 13.6 Å². The van der Waals surface area contributed by atoms with E-state index in [1.165, 1.54) is 0 Å². The molecule has 0 aliphatic heterocycles. The zero-order chi connectivity index (χ0) is 24.6. The fourth-order valence-electron chi connectivity index (χ4n) is 3.90. The van der Waals surface area contributed by atoms with Gasteiger partial charge in [-0.1, -0.05) is 72.8 Å². The summed E-state index contributed by atoms with van der Waals surface area (Å²) >= 11 is 0. The minimum Gasteiger partial charge on any atom is -0.493 e. The fraction of sp³-hybridized carbons (Fsp3) is 0.321. The molecule has 0 saturated carbocycles. The molecule has 0 aliphatic rings. The van der Waals surface area contributed by atoms with Crippen LogP contribution in [0.3, 0.4) is 0 Å². The van der Waals surface area contributed by atoms with Crippen LogP contribution in [-0.4, -0.2) is 54.9 Å². The number of carbonyl (C=O) groups excluding carboxylic acids is 1. The monoisotopic (exact) mass is 534 g/mol. The zero-order valence-corrected chi connectivity index (χ0v) is 22.7. The number of halogens is 2. The third kappa shape index (κ3) is 8.14. The molecule has 0 radical (unpaired) electrons. The summed E-state index contributed by atoms with van der Waals surface area (Å²) in [6.45, 7) is 3.92. The molecule has 0 aromatic heterocycles. The third-order valence-electron chi connectivity index (χ3n) is 5.75. The molecule has 3 aromatic rings. The molecule has 0 spiro atoms. The fourth-order valence-corrected chi connectivity index (χ4v) is 3.90. The highest BCUT2D eigenvalue weighted by atomic mass is 35.5. The number of amides is 1. The Hall–Kier alpha value is -2.77. The van der Waals surface area contributed by atoms with Crippen molar-refractivity contribution < 1.29 is 19.4 Å². The molecule has 3 aromatic carbocycles. The van der Waals surface area contributed by atoms with Gasteiger partial charge in [0.25, 0.3) is 0 Å². The van der Waals surface area contributed by atoms with Gasteiger partial charge in [0.15, 0.2) is 11.5 Å². The Morgan fingerprint density at radius 3 is 1.86 bits per heavy atom. The molecule has 2 N–H and O–H groups in total. The van der Waals surface area contributed by atoms with Crippen LogP contribution in [0.5, 0.6) is 11.5 Å². The molecule has 0 bridgehead atoms. The molecule has 196 valence electrons. The summed E-state index contributed by atoms with van der Waals surface area (Å²) < 4.78 is 11.0. The number of nitrogens with zero attached hydrogens (tertiary/aromatic N) is 1. The molecule has 1 atom stereocenters. The van der Waals surface area contributed by atoms with Crippen molar-refractivity contribution in [2.24, 2.45) is 0 Å². The predicted molar refractivity (Wildman–Crippen MR) is 149 cm³/mol. The van der Waals surface area contributed by atoms with Crippen LogP contribution in [0.2, 0.25) is 0 Å². The lowest BCUT2D eigenvalue weighted by Crippen LogP contribution is -2.55. The number of para-hydroxylation sites is 2. The van der Waals surface area contributed by atoms with Crippen molar-refractivity contribution in [1.29, 1.82) is 0 Å². The second-order valence-electron chi connectivity index (χ2n) is 8.76. The maximum atomic E-state index is 13.6. The second-order valence-corrected chi connectivity index (χ2v) is 8.76. The van der Waals surface area contributed by atoms with E-state index >= 15 is 0 Å². The molecule has 0 saturated heterocycles. The minimum atomic E-state index is -0.901. The normalized spacial score (nSPS) is 11.6. The predicted octanol–water partition coefficient (Wildman–Crippen LogP) is 4.89. The van der Waals surface area contributed by atoms with Gasteiger partial charge < -0.3 is 24.8 Å². The number of ether oxygens (including phenoxy) is 2. The Morgan fingerprint density at radius 1 is 0.889 bits per heavy atom. The van der Waals surface area contributed by atoms with Gasteiger partial charge in [-0.25, -0.2) is 0 Å². The lowest BCUT2D eigenvalue weighted by molar-refractivity contribution is -0.137. The van der Waals surface area contributed by atoms with Crippen molar-refractivity contribution in [3.63, 3.8) is 0 Å². The lowest BCUT2D eigenvalue weighted by atomic mass is 9.94. The van der Waals surface area contributed by atoms with Gasteiger partial charge in [-0.3, -0.25) is 4.79 Å². The Morgan fingerprint density at radius 2 is 1.36 bits per heavy atom. The van der Waals surface area contributed by atoms with Crippen LogP contribution in [0, 0.1) is 0 Å². The van der Waals surface area contributed by atoms with Crippen LogP contribution < -0.4 is 14.8 Å². The number of likely N-dealkylation sites (N-methyl/N-ethyl adjacent to an activating group) is 1. The first kappa shape index (κ1) is 31.3. The standard InChI is InChI=1S/C28H34N2O4.2ClH/c1-28(2,29-19-23(31)20-34-25-18-12-11-17-24(25)33-4)27(32)30(3)26(21-13-7-5-8-14-21)22-15-9-6-10-16-22;;/h5-18,23,26,29,31H,19-20H2,1-4H3;2*1H. The van der Waals surface area contributed by atoms with E-state index in [-0.39, 0.29) is 49.9 Å². The molecule has 0 fully saturated rings. The van der Waals surface area contributed by atoms with Crippen molar-refractivity contribution in [3.05, 3.63) is 96.1 Å². The van der Waals surface area contributed by atoms with Crippen molar-refractivity contribution in [3.8, 4) is 11.5 Å². The van der Waals surface area contributed by atoms with Crippen LogP contribution in [0.1, 0.15) is 31.0 Å². The average Bonchev–Trinajstić information content (AvgIpc) is 2.87. The third-order valence-corrected chi connectivity index (χ3v) is 5.75. The number of aliphatic hydroxyl groups excluding tert-OH is 1. The number of methoxy groups -OCH3 is 1. The molecule has 3 rings (SSSR count). The maximum Gasteiger partial charge on any atom is 0.242 e. The highest BCUT2D eigenvalue weighted by Crippen LogP contribution is 2.29. The Bertz CT molecular complexity index is 1010. The van der Waals surface area contributed by atoms with Crippen molar-refractivity contribution >= 4 is 30.7 Å². The quantitative estimate of drug-likeness (QED) is 0.366. The summed E-state index contributed by atoms with van der Waals surface area (Å²) in [4.78, 5) is 15.3. The second kappa shape index (κ2) is 14.7. The van der Waals surface area contributed by atoms with Crippen molar-refractivity contribution in [1.82, 2.24) is 10.2 Å². The number of nitrogens with one attached hydrogen (secondary N) is 1. The minimum absolute atomic E-state index is 0. The molecule has 0 heterocycles. The number of hydrogen-bond acceptors (Lipinski definition) is 5. The molecular formula is C28H36Cl2N2O4. The van der Waals surface area contributed by atoms with Crippen molar-refractivity contribution in [2.75, 3.05) is 27.3 Å². The van der Waals surface area contributed by atoms with E-state index < -0.39 is 11.6 Å². The van der Waals surface area contributed by atoms with Gasteiger partial charge >= 0.3 is 0 Å². The summed E-state index contributed by atoms with van der Waals surface area (Å²) in [5.74, 6) is 1.09. The average molecular weight is 536 g/mol. The van der Waals surface area contributed by atoms with E-state index in [0.717, 1.165) is 11.1 Å². The first-order chi connectivity index (χ1) is 16.3. The van der Waals surface area contributed by atoms with Crippen LogP contribution in [0.25, 0.3) is 0 Å². The summed E-state index contributed by atoms with van der Waals surface area (Å²) in [6, 6.07) is 27.0. The Labute approximate surface area is 226 Å². The number of β-amino-alcohol motifs (C(OH)–C–C–N with tert-alkyl or cyclic N) is 1. The molecular weight excluding hydrogens is 499 g/mol. The molecule has 8 heteroatoms. The SMILES string of the molecule is COc1ccccc1OCC(O)CNC(C)(C)C(=O)N(C)C(c1ccccc1)c1ccccc1.Cl.Cl. The van der Waals surface area contributed by atoms with E-state index in [1.807, 2.05) is 93.7 Å². The van der Waals surface area contributed by atoms with Crippen LogP contribution in [-0.2, 0) is 4.79 Å². The Kier molecular flexibility index (Phi) is 12.8. The summed E-state index contributed by atoms with van der Waals surface area (Å²) in [5, 5.41) is 13.7. The Balaban J connectivity index is 0.00000324. The first-order valence-corrected chi connectivity index (χ1v) is 11.4. The smallest absolute Gasteiger partial charge is 0.242 e. The molecule has 1 amide bonds. The maximum absolute atomic E-state index is 13.6. The van der Waals surface area contributed by atoms with Gasteiger partial charge in [0.1, 0.15) is 12.7 Å². The van der Waals surface area contributed by atoms with E-state index in [4.69, 9.17) is 9.47 Å². The first-order valence-electron chi connectivity index (χ1n) is 11.4. The molecule has 1 unspecified atom stereocenters. The van der Waals surface area contributed by atoms with E-state index in [1.54, 1.807) is 24.1 Å². The van der Waals surface area contributed by atoms with Gasteiger partial charge in [0.05, 0.1) is 18.7 Å². The van der Waals surface area contributed by atoms with Gasteiger partial charge in [0.2, 0.25) is 5.91 Å². The number of hydrogen-bond donors (Lipinski definition) is 2. The highest BCUT2D eigenvalue weighted by molar-refractivity contribution is 5.86. The van der Waals surface area contributed by atoms with Gasteiger partial charge in [-0.05, 0) is 37.1 Å². The van der Waals surface area contributed by atoms with Crippen LogP contribution in [0.4, 0.5) is 0 Å². The van der Waals surface area contributed by atoms with Gasteiger partial charge in [-0.15, -0.1) is 24.8 Å². The number of carbonyl (C=O) groups is 1. The van der Waals surface area contributed by atoms with Crippen LogP contribution in [0.15, 0.2) is 84.9 Å². The zero-order valence-electron chi connectivity index (χ0n) is 21.1. The number of aliphatic hydroxyl groups is 1. The van der Waals surface area contributed by atoms with Gasteiger partial charge in [-0.2, -0.15) is 0 Å². The molecule has 36 heavy (non-hydrogen) atoms. The van der Waals surface area contributed by atoms with Crippen LogP contribution >= 0.6 is 24.8 Å². The lowest BCUT2D eigenvalue weighted by Gasteiger charge is -2.36. The summed E-state index contributed by atoms with van der Waals surface area (Å²) in [7, 11) is 3.39. The van der Waals surface area contributed by atoms with E-state index in [0.29, 0.717) is 11.5 Å². The topological polar surface area (TPSA) is 71.0 Å². The van der Waals surface area contributed by atoms with Crippen molar-refractivity contribution in [2.45, 2.75) is 31.5 Å². The van der Waals surface area contributed by atoms with E-state index in [9.17, 15) is 9.90 Å². The largest absolute Gasteiger partial charge is 0.493 e. The summed E-state index contributed by atoms with van der Waals surface area (Å²) in [6.07, 6.45) is -0.804. The molecule has 6 nitrogen and oxygen atoms in total. The number of benzene rings is 3. The highest BCUT2D eigenvalue weighted by Gasteiger charge is 2.34. The van der Waals surface area contributed by atoms with E-state index in [2.05, 4.69) is 5.32 Å². The summed E-state index contributed by atoms with van der Waals surface area (Å²) in [5.41, 5.74) is 1.17. The number of rotatable bonds is 11.